The lowest BCUT2D eigenvalue weighted by Gasteiger charge is -2.23. The lowest BCUT2D eigenvalue weighted by atomic mass is 9.94. The van der Waals surface area contributed by atoms with Gasteiger partial charge in [-0.05, 0) is 48.7 Å². The molecule has 1 atom stereocenters. The summed E-state index contributed by atoms with van der Waals surface area (Å²) in [6, 6.07) is 9.84. The van der Waals surface area contributed by atoms with Crippen molar-refractivity contribution in [3.63, 3.8) is 0 Å². The van der Waals surface area contributed by atoms with Gasteiger partial charge in [-0.2, -0.15) is 5.26 Å². The summed E-state index contributed by atoms with van der Waals surface area (Å²) in [5, 5.41) is 15.9. The molecule has 10 heteroatoms. The zero-order chi connectivity index (χ0) is 26.1. The Hall–Kier alpha value is -3.84. The number of carbonyl (C=O) groups is 2. The van der Waals surface area contributed by atoms with Crippen molar-refractivity contribution in [1.29, 1.82) is 5.26 Å². The molecule has 0 saturated carbocycles. The van der Waals surface area contributed by atoms with Gasteiger partial charge in [-0.15, -0.1) is 11.3 Å². The summed E-state index contributed by atoms with van der Waals surface area (Å²) in [5.74, 6) is 1.24. The number of ether oxygens (including phenoxy) is 2. The molecule has 0 fully saturated rings. The minimum absolute atomic E-state index is 0.155. The number of hydrogen-bond donors (Lipinski definition) is 2. The Kier molecular flexibility index (Phi) is 9.47. The van der Waals surface area contributed by atoms with Crippen LogP contribution < -0.4 is 15.4 Å². The maximum atomic E-state index is 12.6. The monoisotopic (exact) mass is 509 g/mol. The predicted octanol–water partition coefficient (Wildman–Crippen LogP) is 3.89. The molecule has 0 bridgehead atoms. The number of anilines is 1. The molecular weight excluding hydrogens is 478 g/mol. The highest BCUT2D eigenvalue weighted by Gasteiger charge is 2.28. The Labute approximate surface area is 215 Å². The maximum absolute atomic E-state index is 12.6. The SMILES string of the molecule is C=CN(C)C(CNC(=O)OC1CCc2c(sc(NC(=O)CCc3cccc(OC)c3)c2C#N)C1)=NC. The van der Waals surface area contributed by atoms with Crippen LogP contribution in [0.3, 0.4) is 0 Å². The number of carbonyl (C=O) groups excluding carboxylic acids is 2. The standard InChI is InChI=1S/C26H31N5O4S/c1-5-31(3)23(28-2)16-29-26(33)35-19-10-11-20-21(15-27)25(36-22(20)14-19)30-24(32)12-9-17-7-6-8-18(13-17)34-4/h5-8,13,19H,1,9-12,14,16H2,2-4H3,(H,29,33)(H,30,32). The molecule has 1 aliphatic carbocycles. The molecule has 1 aromatic carbocycles. The highest BCUT2D eigenvalue weighted by molar-refractivity contribution is 7.16. The number of benzene rings is 1. The summed E-state index contributed by atoms with van der Waals surface area (Å²) in [7, 11) is 5.05. The maximum Gasteiger partial charge on any atom is 0.407 e. The summed E-state index contributed by atoms with van der Waals surface area (Å²) in [4.78, 5) is 31.7. The molecule has 190 valence electrons. The molecule has 1 aliphatic rings. The van der Waals surface area contributed by atoms with Gasteiger partial charge < -0.3 is 25.0 Å². The molecule has 0 saturated heterocycles. The van der Waals surface area contributed by atoms with Gasteiger partial charge in [0.15, 0.2) is 0 Å². The van der Waals surface area contributed by atoms with E-state index in [1.165, 1.54) is 11.3 Å². The summed E-state index contributed by atoms with van der Waals surface area (Å²) in [6.07, 6.45) is 3.34. The number of likely N-dealkylation sites (N-methyl/N-ethyl adjacent to an activating group) is 1. The first-order valence-electron chi connectivity index (χ1n) is 11.6. The quantitative estimate of drug-likeness (QED) is 0.391. The molecule has 0 spiro atoms. The summed E-state index contributed by atoms with van der Waals surface area (Å²) >= 11 is 1.38. The van der Waals surface area contributed by atoms with Crippen molar-refractivity contribution in [2.75, 3.05) is 33.1 Å². The van der Waals surface area contributed by atoms with Crippen molar-refractivity contribution in [1.82, 2.24) is 10.2 Å². The average Bonchev–Trinajstić information content (AvgIpc) is 3.23. The highest BCUT2D eigenvalue weighted by atomic mass is 32.1. The second-order valence-electron chi connectivity index (χ2n) is 8.28. The summed E-state index contributed by atoms with van der Waals surface area (Å²) < 4.78 is 10.8. The number of hydrogen-bond acceptors (Lipinski definition) is 7. The van der Waals surface area contributed by atoms with E-state index in [9.17, 15) is 14.9 Å². The molecule has 0 radical (unpaired) electrons. The number of methoxy groups -OCH3 is 1. The molecule has 36 heavy (non-hydrogen) atoms. The molecule has 2 N–H and O–H groups in total. The number of fused-ring (bicyclic) bond motifs is 1. The van der Waals surface area contributed by atoms with E-state index in [1.807, 2.05) is 24.3 Å². The zero-order valence-corrected chi connectivity index (χ0v) is 21.6. The number of rotatable bonds is 9. The average molecular weight is 510 g/mol. The van der Waals surface area contributed by atoms with E-state index in [0.29, 0.717) is 42.1 Å². The van der Waals surface area contributed by atoms with Crippen LogP contribution >= 0.6 is 11.3 Å². The van der Waals surface area contributed by atoms with Crippen LogP contribution in [0.25, 0.3) is 0 Å². The van der Waals surface area contributed by atoms with E-state index in [4.69, 9.17) is 9.47 Å². The minimum atomic E-state index is -0.523. The fourth-order valence-corrected chi connectivity index (χ4v) is 5.23. The zero-order valence-electron chi connectivity index (χ0n) is 20.8. The van der Waals surface area contributed by atoms with Gasteiger partial charge in [-0.1, -0.05) is 18.7 Å². The Balaban J connectivity index is 1.56. The van der Waals surface area contributed by atoms with E-state index in [1.54, 1.807) is 32.3 Å². The molecular formula is C26H31N5O4S. The number of alkyl carbamates (subject to hydrolysis) is 1. The molecule has 1 unspecified atom stereocenters. The highest BCUT2D eigenvalue weighted by Crippen LogP contribution is 2.38. The van der Waals surface area contributed by atoms with Crippen LogP contribution in [0, 0.1) is 11.3 Å². The first-order valence-corrected chi connectivity index (χ1v) is 12.4. The minimum Gasteiger partial charge on any atom is -0.497 e. The molecule has 1 aromatic heterocycles. The normalized spacial score (nSPS) is 14.7. The van der Waals surface area contributed by atoms with Crippen LogP contribution in [0.2, 0.25) is 0 Å². The fourth-order valence-electron chi connectivity index (χ4n) is 3.95. The Morgan fingerprint density at radius 3 is 2.92 bits per heavy atom. The third kappa shape index (κ3) is 6.86. The van der Waals surface area contributed by atoms with Gasteiger partial charge in [0.25, 0.3) is 0 Å². The van der Waals surface area contributed by atoms with E-state index in [0.717, 1.165) is 21.8 Å². The van der Waals surface area contributed by atoms with Gasteiger partial charge in [-0.3, -0.25) is 9.79 Å². The third-order valence-corrected chi connectivity index (χ3v) is 7.13. The van der Waals surface area contributed by atoms with Crippen molar-refractivity contribution >= 4 is 34.2 Å². The van der Waals surface area contributed by atoms with Gasteiger partial charge in [0.05, 0.1) is 19.2 Å². The second kappa shape index (κ2) is 12.7. The van der Waals surface area contributed by atoms with Crippen LogP contribution in [-0.4, -0.2) is 56.6 Å². The number of amidine groups is 1. The van der Waals surface area contributed by atoms with Crippen LogP contribution in [-0.2, 0) is 28.8 Å². The first kappa shape index (κ1) is 26.8. The van der Waals surface area contributed by atoms with E-state index in [2.05, 4.69) is 28.3 Å². The van der Waals surface area contributed by atoms with Gasteiger partial charge in [0.1, 0.15) is 28.8 Å². The van der Waals surface area contributed by atoms with Crippen molar-refractivity contribution in [3.8, 4) is 11.8 Å². The summed E-state index contributed by atoms with van der Waals surface area (Å²) in [5.41, 5.74) is 2.44. The van der Waals surface area contributed by atoms with Gasteiger partial charge >= 0.3 is 6.09 Å². The lowest BCUT2D eigenvalue weighted by molar-refractivity contribution is -0.116. The molecule has 2 aromatic rings. The molecule has 1 heterocycles. The largest absolute Gasteiger partial charge is 0.497 e. The fraction of sp³-hybridized carbons (Fsp3) is 0.385. The van der Waals surface area contributed by atoms with Crippen molar-refractivity contribution in [2.45, 2.75) is 38.2 Å². The topological polar surface area (TPSA) is 116 Å². The van der Waals surface area contributed by atoms with Gasteiger partial charge in [0.2, 0.25) is 5.91 Å². The predicted molar refractivity (Wildman–Crippen MR) is 141 cm³/mol. The summed E-state index contributed by atoms with van der Waals surface area (Å²) in [6.45, 7) is 3.91. The number of aryl methyl sites for hydroxylation is 1. The van der Waals surface area contributed by atoms with Crippen molar-refractivity contribution < 1.29 is 19.1 Å². The number of nitriles is 1. The van der Waals surface area contributed by atoms with E-state index >= 15 is 0 Å². The number of nitrogens with one attached hydrogen (secondary N) is 2. The van der Waals surface area contributed by atoms with Gasteiger partial charge in [-0.25, -0.2) is 4.79 Å². The lowest BCUT2D eigenvalue weighted by Crippen LogP contribution is -2.38. The van der Waals surface area contributed by atoms with E-state index in [-0.39, 0.29) is 25.0 Å². The number of nitrogens with zero attached hydrogens (tertiary/aromatic N) is 3. The number of amides is 2. The number of thiophene rings is 1. The van der Waals surface area contributed by atoms with Crippen molar-refractivity contribution in [2.24, 2.45) is 4.99 Å². The van der Waals surface area contributed by atoms with E-state index < -0.39 is 6.09 Å². The second-order valence-corrected chi connectivity index (χ2v) is 9.38. The van der Waals surface area contributed by atoms with Crippen LogP contribution in [0.4, 0.5) is 9.80 Å². The van der Waals surface area contributed by atoms with Crippen LogP contribution in [0.5, 0.6) is 5.75 Å². The van der Waals surface area contributed by atoms with Crippen LogP contribution in [0.1, 0.15) is 34.4 Å². The third-order valence-electron chi connectivity index (χ3n) is 5.96. The smallest absolute Gasteiger partial charge is 0.407 e. The van der Waals surface area contributed by atoms with Crippen LogP contribution in [0.15, 0.2) is 42.0 Å². The first-order chi connectivity index (χ1) is 17.4. The van der Waals surface area contributed by atoms with Gasteiger partial charge in [0, 0.05) is 31.8 Å². The molecule has 3 rings (SSSR count). The Bertz CT molecular complexity index is 1180. The van der Waals surface area contributed by atoms with Crippen molar-refractivity contribution in [3.05, 3.63) is 58.6 Å². The molecule has 9 nitrogen and oxygen atoms in total. The molecule has 2 amide bonds. The number of aliphatic imine (C=N–C) groups is 1. The molecule has 0 aliphatic heterocycles. The Morgan fingerprint density at radius 1 is 1.42 bits per heavy atom. The Morgan fingerprint density at radius 2 is 2.22 bits per heavy atom.